The number of hydrogen-bond donors (Lipinski definition) is 1. The van der Waals surface area contributed by atoms with Gasteiger partial charge in [0.05, 0.1) is 5.56 Å². The zero-order valence-corrected chi connectivity index (χ0v) is 12.8. The number of anilines is 1. The first-order valence-electron chi connectivity index (χ1n) is 7.49. The van der Waals surface area contributed by atoms with Crippen LogP contribution in [-0.2, 0) is 6.18 Å². The van der Waals surface area contributed by atoms with E-state index in [1.807, 2.05) is 6.92 Å². The Morgan fingerprint density at radius 1 is 1.33 bits per heavy atom. The predicted molar refractivity (Wildman–Crippen MR) is 79.6 cm³/mol. The second-order valence-electron chi connectivity index (χ2n) is 5.88. The number of hydrogen-bond acceptors (Lipinski definition) is 2. The molecule has 1 aromatic carbocycles. The molecule has 118 valence electrons. The van der Waals surface area contributed by atoms with Crippen molar-refractivity contribution >= 4 is 5.69 Å². The van der Waals surface area contributed by atoms with Crippen LogP contribution < -0.4 is 10.2 Å². The zero-order chi connectivity index (χ0) is 15.6. The summed E-state index contributed by atoms with van der Waals surface area (Å²) in [7, 11) is 0. The summed E-state index contributed by atoms with van der Waals surface area (Å²) < 4.78 is 38.6. The average molecular weight is 300 g/mol. The molecular weight excluding hydrogens is 277 g/mol. The Morgan fingerprint density at radius 3 is 2.62 bits per heavy atom. The standard InChI is InChI=1S/C16H23F3N2/c1-4-20-14-7-8-21(10-12(14)3)15-9-13(16(17,18)19)6-5-11(15)2/h5-6,9,12,14,20H,4,7-8,10H2,1-3H3. The van der Waals surface area contributed by atoms with Crippen molar-refractivity contribution in [2.75, 3.05) is 24.5 Å². The van der Waals surface area contributed by atoms with Gasteiger partial charge in [-0.3, -0.25) is 0 Å². The number of rotatable bonds is 3. The number of nitrogens with one attached hydrogen (secondary N) is 1. The minimum Gasteiger partial charge on any atom is -0.371 e. The Bertz CT molecular complexity index is 485. The van der Waals surface area contributed by atoms with E-state index in [1.165, 1.54) is 6.07 Å². The summed E-state index contributed by atoms with van der Waals surface area (Å²) >= 11 is 0. The van der Waals surface area contributed by atoms with Crippen molar-refractivity contribution in [3.8, 4) is 0 Å². The van der Waals surface area contributed by atoms with Crippen molar-refractivity contribution in [2.45, 2.75) is 39.4 Å². The van der Waals surface area contributed by atoms with E-state index >= 15 is 0 Å². The molecule has 0 radical (unpaired) electrons. The van der Waals surface area contributed by atoms with Crippen LogP contribution in [0.5, 0.6) is 0 Å². The van der Waals surface area contributed by atoms with E-state index in [4.69, 9.17) is 0 Å². The summed E-state index contributed by atoms with van der Waals surface area (Å²) in [5.74, 6) is 0.424. The highest BCUT2D eigenvalue weighted by Gasteiger charge is 2.32. The second kappa shape index (κ2) is 6.26. The summed E-state index contributed by atoms with van der Waals surface area (Å²) in [6, 6.07) is 4.47. The van der Waals surface area contributed by atoms with E-state index < -0.39 is 11.7 Å². The van der Waals surface area contributed by atoms with Crippen LogP contribution in [0.15, 0.2) is 18.2 Å². The minimum absolute atomic E-state index is 0.424. The van der Waals surface area contributed by atoms with E-state index in [0.29, 0.717) is 17.6 Å². The van der Waals surface area contributed by atoms with Gasteiger partial charge in [0.2, 0.25) is 0 Å². The lowest BCUT2D eigenvalue weighted by molar-refractivity contribution is -0.137. The number of nitrogens with zero attached hydrogens (tertiary/aromatic N) is 1. The fourth-order valence-electron chi connectivity index (χ4n) is 3.06. The number of piperidine rings is 1. The highest BCUT2D eigenvalue weighted by Crippen LogP contribution is 2.34. The molecule has 5 heteroatoms. The molecule has 2 rings (SSSR count). The van der Waals surface area contributed by atoms with Gasteiger partial charge in [0.15, 0.2) is 0 Å². The van der Waals surface area contributed by atoms with Crippen molar-refractivity contribution in [3.63, 3.8) is 0 Å². The largest absolute Gasteiger partial charge is 0.416 e. The van der Waals surface area contributed by atoms with E-state index in [0.717, 1.165) is 37.7 Å². The maximum atomic E-state index is 12.9. The number of alkyl halides is 3. The van der Waals surface area contributed by atoms with Crippen molar-refractivity contribution in [2.24, 2.45) is 5.92 Å². The summed E-state index contributed by atoms with van der Waals surface area (Å²) in [5.41, 5.74) is 1.05. The topological polar surface area (TPSA) is 15.3 Å². The number of halogens is 3. The molecule has 21 heavy (non-hydrogen) atoms. The smallest absolute Gasteiger partial charge is 0.371 e. The third kappa shape index (κ3) is 3.70. The van der Waals surface area contributed by atoms with Crippen LogP contribution in [0.25, 0.3) is 0 Å². The average Bonchev–Trinajstić information content (AvgIpc) is 2.40. The molecule has 1 N–H and O–H groups in total. The van der Waals surface area contributed by atoms with Gasteiger partial charge >= 0.3 is 6.18 Å². The number of aryl methyl sites for hydroxylation is 1. The molecule has 0 spiro atoms. The predicted octanol–water partition coefficient (Wildman–Crippen LogP) is 3.84. The van der Waals surface area contributed by atoms with Crippen LogP contribution in [0.4, 0.5) is 18.9 Å². The molecule has 0 aromatic heterocycles. The van der Waals surface area contributed by atoms with E-state index in [2.05, 4.69) is 24.1 Å². The summed E-state index contributed by atoms with van der Waals surface area (Å²) in [4.78, 5) is 2.09. The molecule has 1 fully saturated rings. The molecule has 0 aliphatic carbocycles. The van der Waals surface area contributed by atoms with Crippen molar-refractivity contribution < 1.29 is 13.2 Å². The quantitative estimate of drug-likeness (QED) is 0.912. The molecule has 0 amide bonds. The lowest BCUT2D eigenvalue weighted by Gasteiger charge is -2.39. The first-order valence-corrected chi connectivity index (χ1v) is 7.49. The molecule has 1 heterocycles. The lowest BCUT2D eigenvalue weighted by Crippen LogP contribution is -2.48. The van der Waals surface area contributed by atoms with Gasteiger partial charge in [0.25, 0.3) is 0 Å². The van der Waals surface area contributed by atoms with Gasteiger partial charge in [0.1, 0.15) is 0 Å². The molecule has 2 nitrogen and oxygen atoms in total. The highest BCUT2D eigenvalue weighted by atomic mass is 19.4. The zero-order valence-electron chi connectivity index (χ0n) is 12.8. The van der Waals surface area contributed by atoms with Gasteiger partial charge in [-0.25, -0.2) is 0 Å². The fourth-order valence-corrected chi connectivity index (χ4v) is 3.06. The third-order valence-electron chi connectivity index (χ3n) is 4.25. The van der Waals surface area contributed by atoms with Gasteiger partial charge in [-0.2, -0.15) is 13.2 Å². The van der Waals surface area contributed by atoms with Gasteiger partial charge in [-0.05, 0) is 43.5 Å². The molecule has 2 atom stereocenters. The Balaban J connectivity index is 2.19. The normalized spacial score (nSPS) is 23.4. The van der Waals surface area contributed by atoms with Crippen molar-refractivity contribution in [1.29, 1.82) is 0 Å². The monoisotopic (exact) mass is 300 g/mol. The summed E-state index contributed by atoms with van der Waals surface area (Å²) in [6.07, 6.45) is -3.32. The maximum Gasteiger partial charge on any atom is 0.416 e. The first kappa shape index (κ1) is 16.1. The van der Waals surface area contributed by atoms with Gasteiger partial charge in [-0.1, -0.05) is 19.9 Å². The summed E-state index contributed by atoms with van der Waals surface area (Å²) in [6.45, 7) is 8.62. The van der Waals surface area contributed by atoms with Crippen LogP contribution in [0.3, 0.4) is 0 Å². The fraction of sp³-hybridized carbons (Fsp3) is 0.625. The molecule has 2 unspecified atom stereocenters. The molecule has 1 saturated heterocycles. The molecular formula is C16H23F3N2. The molecule has 0 saturated carbocycles. The van der Waals surface area contributed by atoms with Gasteiger partial charge in [-0.15, -0.1) is 0 Å². The SMILES string of the molecule is CCNC1CCN(c2cc(C(F)(F)F)ccc2C)CC1C. The Kier molecular flexibility index (Phi) is 4.81. The van der Waals surface area contributed by atoms with Crippen LogP contribution >= 0.6 is 0 Å². The third-order valence-corrected chi connectivity index (χ3v) is 4.25. The van der Waals surface area contributed by atoms with Crippen molar-refractivity contribution in [1.82, 2.24) is 5.32 Å². The van der Waals surface area contributed by atoms with Crippen LogP contribution in [0.2, 0.25) is 0 Å². The highest BCUT2D eigenvalue weighted by molar-refractivity contribution is 5.56. The summed E-state index contributed by atoms with van der Waals surface area (Å²) in [5, 5.41) is 3.45. The molecule has 0 bridgehead atoms. The van der Waals surface area contributed by atoms with E-state index in [9.17, 15) is 13.2 Å². The van der Waals surface area contributed by atoms with E-state index in [-0.39, 0.29) is 0 Å². The Morgan fingerprint density at radius 2 is 2.05 bits per heavy atom. The first-order chi connectivity index (χ1) is 9.82. The lowest BCUT2D eigenvalue weighted by atomic mass is 9.92. The maximum absolute atomic E-state index is 12.9. The molecule has 1 aliphatic rings. The van der Waals surface area contributed by atoms with Gasteiger partial charge in [0, 0.05) is 24.8 Å². The Labute approximate surface area is 124 Å². The second-order valence-corrected chi connectivity index (χ2v) is 5.88. The minimum atomic E-state index is -4.28. The van der Waals surface area contributed by atoms with Gasteiger partial charge < -0.3 is 10.2 Å². The number of benzene rings is 1. The van der Waals surface area contributed by atoms with Crippen LogP contribution in [-0.4, -0.2) is 25.7 Å². The van der Waals surface area contributed by atoms with Crippen molar-refractivity contribution in [3.05, 3.63) is 29.3 Å². The molecule has 1 aliphatic heterocycles. The molecule has 1 aromatic rings. The van der Waals surface area contributed by atoms with Crippen LogP contribution in [0, 0.1) is 12.8 Å². The Hall–Kier alpha value is -1.23. The van der Waals surface area contributed by atoms with Crippen LogP contribution in [0.1, 0.15) is 31.4 Å². The van der Waals surface area contributed by atoms with E-state index in [1.54, 1.807) is 6.07 Å².